The number of benzene rings is 1. The van der Waals surface area contributed by atoms with Crippen LogP contribution in [-0.4, -0.2) is 20.0 Å². The Labute approximate surface area is 117 Å². The molecule has 0 amide bonds. The molecule has 0 aliphatic carbocycles. The number of phenolic OH excluding ortho intramolecular Hbond substituents is 1. The van der Waals surface area contributed by atoms with Gasteiger partial charge in [-0.2, -0.15) is 4.98 Å². The van der Waals surface area contributed by atoms with Crippen molar-refractivity contribution in [2.24, 2.45) is 0 Å². The van der Waals surface area contributed by atoms with Crippen molar-refractivity contribution in [1.82, 2.24) is 10.1 Å². The van der Waals surface area contributed by atoms with Crippen molar-refractivity contribution < 1.29 is 9.63 Å². The first-order valence-corrected chi connectivity index (χ1v) is 7.10. The molecule has 102 valence electrons. The molecule has 4 nitrogen and oxygen atoms in total. The van der Waals surface area contributed by atoms with Crippen molar-refractivity contribution in [2.75, 3.05) is 0 Å². The summed E-state index contributed by atoms with van der Waals surface area (Å²) in [5, 5.41) is 13.8. The van der Waals surface area contributed by atoms with Gasteiger partial charge in [0.2, 0.25) is 0 Å². The summed E-state index contributed by atoms with van der Waals surface area (Å²) in [5.41, 5.74) is 1.62. The monoisotopic (exact) mass is 278 g/mol. The number of rotatable bonds is 3. The molecule has 2 aromatic rings. The van der Waals surface area contributed by atoms with E-state index in [9.17, 15) is 5.11 Å². The Balaban J connectivity index is 2.19. The maximum absolute atomic E-state index is 9.82. The number of thioether (sulfide) groups is 1. The minimum atomic E-state index is 0.157. The van der Waals surface area contributed by atoms with Crippen molar-refractivity contribution in [1.29, 1.82) is 0 Å². The van der Waals surface area contributed by atoms with E-state index in [0.29, 0.717) is 23.0 Å². The van der Waals surface area contributed by atoms with Gasteiger partial charge in [-0.25, -0.2) is 0 Å². The van der Waals surface area contributed by atoms with Crippen LogP contribution in [-0.2, 0) is 5.75 Å². The van der Waals surface area contributed by atoms with E-state index in [2.05, 4.69) is 30.9 Å². The summed E-state index contributed by atoms with van der Waals surface area (Å²) < 4.78 is 5.38. The summed E-state index contributed by atoms with van der Waals surface area (Å²) in [6.45, 7) is 8.39. The first kappa shape index (κ1) is 13.9. The smallest absolute Gasteiger partial charge is 0.261 e. The molecule has 1 N–H and O–H groups in total. The lowest BCUT2D eigenvalue weighted by atomic mass is 10.1. The molecular formula is C14H18N2O2S. The van der Waals surface area contributed by atoms with E-state index in [0.717, 1.165) is 5.56 Å². The Morgan fingerprint density at radius 3 is 2.74 bits per heavy atom. The highest BCUT2D eigenvalue weighted by atomic mass is 32.2. The minimum Gasteiger partial charge on any atom is -0.507 e. The summed E-state index contributed by atoms with van der Waals surface area (Å²) in [6, 6.07) is 5.31. The zero-order valence-electron chi connectivity index (χ0n) is 11.6. The number of aromatic hydroxyl groups is 1. The molecule has 1 heterocycles. The van der Waals surface area contributed by atoms with Gasteiger partial charge in [0.25, 0.3) is 5.89 Å². The highest BCUT2D eigenvalue weighted by Gasteiger charge is 2.16. The molecule has 0 saturated carbocycles. The van der Waals surface area contributed by atoms with Gasteiger partial charge >= 0.3 is 0 Å². The quantitative estimate of drug-likeness (QED) is 0.925. The van der Waals surface area contributed by atoms with Crippen molar-refractivity contribution in [3.63, 3.8) is 0 Å². The first-order valence-electron chi connectivity index (χ1n) is 6.12. The van der Waals surface area contributed by atoms with E-state index in [4.69, 9.17) is 4.52 Å². The van der Waals surface area contributed by atoms with Crippen LogP contribution in [0.3, 0.4) is 0 Å². The molecule has 0 fully saturated rings. The third-order valence-electron chi connectivity index (χ3n) is 2.48. The van der Waals surface area contributed by atoms with Crippen molar-refractivity contribution in [2.45, 2.75) is 38.2 Å². The minimum absolute atomic E-state index is 0.157. The zero-order valence-corrected chi connectivity index (χ0v) is 12.4. The maximum Gasteiger partial charge on any atom is 0.261 e. The van der Waals surface area contributed by atoms with Gasteiger partial charge in [-0.05, 0) is 19.1 Å². The summed E-state index contributed by atoms with van der Waals surface area (Å²) in [7, 11) is 0. The largest absolute Gasteiger partial charge is 0.507 e. The van der Waals surface area contributed by atoms with Crippen LogP contribution in [0.1, 0.15) is 32.2 Å². The second-order valence-corrected chi connectivity index (χ2v) is 7.24. The predicted molar refractivity (Wildman–Crippen MR) is 77.2 cm³/mol. The number of hydrogen-bond acceptors (Lipinski definition) is 5. The molecule has 0 aliphatic rings. The van der Waals surface area contributed by atoms with Crippen molar-refractivity contribution in [3.05, 3.63) is 29.6 Å². The van der Waals surface area contributed by atoms with E-state index in [1.807, 2.05) is 19.1 Å². The molecule has 0 atom stereocenters. The Morgan fingerprint density at radius 2 is 2.05 bits per heavy atom. The molecular weight excluding hydrogens is 260 g/mol. The fourth-order valence-electron chi connectivity index (χ4n) is 1.52. The molecule has 0 radical (unpaired) electrons. The molecule has 1 aromatic heterocycles. The van der Waals surface area contributed by atoms with Crippen LogP contribution in [0.25, 0.3) is 11.5 Å². The Bertz CT molecular complexity index is 573. The number of nitrogens with zero attached hydrogens (tertiary/aromatic N) is 2. The summed E-state index contributed by atoms with van der Waals surface area (Å²) in [5.74, 6) is 1.87. The van der Waals surface area contributed by atoms with Crippen LogP contribution in [0.15, 0.2) is 22.7 Å². The average Bonchev–Trinajstić information content (AvgIpc) is 2.77. The third kappa shape index (κ3) is 3.73. The Morgan fingerprint density at radius 1 is 1.32 bits per heavy atom. The van der Waals surface area contributed by atoms with Gasteiger partial charge < -0.3 is 9.63 Å². The molecule has 0 aliphatic heterocycles. The van der Waals surface area contributed by atoms with E-state index >= 15 is 0 Å². The lowest BCUT2D eigenvalue weighted by molar-refractivity contribution is 0.419. The van der Waals surface area contributed by atoms with Crippen LogP contribution < -0.4 is 0 Å². The Kier molecular flexibility index (Phi) is 3.85. The molecule has 1 aromatic carbocycles. The first-order chi connectivity index (χ1) is 8.85. The average molecular weight is 278 g/mol. The molecule has 0 unspecified atom stereocenters. The zero-order chi connectivity index (χ0) is 14.0. The van der Waals surface area contributed by atoms with Crippen LogP contribution in [0.5, 0.6) is 5.75 Å². The highest BCUT2D eigenvalue weighted by molar-refractivity contribution is 7.99. The maximum atomic E-state index is 9.82. The molecule has 0 spiro atoms. The second kappa shape index (κ2) is 5.25. The molecule has 0 saturated heterocycles. The van der Waals surface area contributed by atoms with Gasteiger partial charge in [0.05, 0.1) is 11.3 Å². The van der Waals surface area contributed by atoms with Crippen LogP contribution >= 0.6 is 11.8 Å². The number of phenols is 1. The molecule has 5 heteroatoms. The Hall–Kier alpha value is -1.49. The van der Waals surface area contributed by atoms with Gasteiger partial charge in [-0.15, -0.1) is 11.8 Å². The van der Waals surface area contributed by atoms with Crippen LogP contribution in [0.4, 0.5) is 0 Å². The SMILES string of the molecule is Cc1ccc(O)c(-c2nc(CSC(C)(C)C)no2)c1. The van der Waals surface area contributed by atoms with Gasteiger partial charge in [-0.1, -0.05) is 37.6 Å². The van der Waals surface area contributed by atoms with Crippen LogP contribution in [0, 0.1) is 6.92 Å². The van der Waals surface area contributed by atoms with Gasteiger partial charge in [0.1, 0.15) is 5.75 Å². The van der Waals surface area contributed by atoms with Crippen LogP contribution in [0.2, 0.25) is 0 Å². The topological polar surface area (TPSA) is 59.2 Å². The molecule has 0 bridgehead atoms. The fourth-order valence-corrected chi connectivity index (χ4v) is 2.20. The van der Waals surface area contributed by atoms with Gasteiger partial charge in [-0.3, -0.25) is 0 Å². The van der Waals surface area contributed by atoms with Crippen molar-refractivity contribution >= 4 is 11.8 Å². The third-order valence-corrected chi connectivity index (χ3v) is 3.75. The summed E-state index contributed by atoms with van der Waals surface area (Å²) in [4.78, 5) is 4.33. The number of hydrogen-bond donors (Lipinski definition) is 1. The number of aromatic nitrogens is 2. The summed E-state index contributed by atoms with van der Waals surface area (Å²) in [6.07, 6.45) is 0. The van der Waals surface area contributed by atoms with Crippen molar-refractivity contribution in [3.8, 4) is 17.2 Å². The normalized spacial score (nSPS) is 11.8. The number of aryl methyl sites for hydroxylation is 1. The summed E-state index contributed by atoms with van der Waals surface area (Å²) >= 11 is 1.76. The lowest BCUT2D eigenvalue weighted by Crippen LogP contribution is -2.07. The second-order valence-electron chi connectivity index (χ2n) is 5.44. The van der Waals surface area contributed by atoms with E-state index in [1.165, 1.54) is 0 Å². The van der Waals surface area contributed by atoms with E-state index in [1.54, 1.807) is 17.8 Å². The highest BCUT2D eigenvalue weighted by Crippen LogP contribution is 2.30. The fraction of sp³-hybridized carbons (Fsp3) is 0.429. The van der Waals surface area contributed by atoms with Gasteiger partial charge in [0, 0.05) is 4.75 Å². The van der Waals surface area contributed by atoms with E-state index in [-0.39, 0.29) is 10.5 Å². The molecule has 2 rings (SSSR count). The lowest BCUT2D eigenvalue weighted by Gasteiger charge is -2.15. The predicted octanol–water partition coefficient (Wildman–Crippen LogP) is 3.78. The van der Waals surface area contributed by atoms with E-state index < -0.39 is 0 Å². The van der Waals surface area contributed by atoms with Gasteiger partial charge in [0.15, 0.2) is 5.82 Å². The standard InChI is InChI=1S/C14H18N2O2S/c1-9-5-6-11(17)10(7-9)13-15-12(16-18-13)8-19-14(2,3)4/h5-7,17H,8H2,1-4H3. The molecule has 19 heavy (non-hydrogen) atoms.